The lowest BCUT2D eigenvalue weighted by atomic mass is 10.0. The van der Waals surface area contributed by atoms with Crippen LogP contribution < -0.4 is 10.1 Å². The molecule has 1 aliphatic heterocycles. The van der Waals surface area contributed by atoms with Gasteiger partial charge >= 0.3 is 0 Å². The van der Waals surface area contributed by atoms with E-state index in [9.17, 15) is 4.79 Å². The molecule has 0 aromatic heterocycles. The summed E-state index contributed by atoms with van der Waals surface area (Å²) in [6, 6.07) is 7.97. The Labute approximate surface area is 121 Å². The molecule has 1 N–H and O–H groups in total. The number of hydrogen-bond acceptors (Lipinski definition) is 2. The highest BCUT2D eigenvalue weighted by Gasteiger charge is 2.18. The Morgan fingerprint density at radius 1 is 1.25 bits per heavy atom. The first-order valence-corrected chi connectivity index (χ1v) is 7.29. The van der Waals surface area contributed by atoms with Gasteiger partial charge in [-0.1, -0.05) is 32.0 Å². The van der Waals surface area contributed by atoms with Gasteiger partial charge in [0.2, 0.25) is 0 Å². The van der Waals surface area contributed by atoms with Gasteiger partial charge in [-0.05, 0) is 37.8 Å². The van der Waals surface area contributed by atoms with Crippen molar-refractivity contribution in [2.75, 3.05) is 6.61 Å². The first-order valence-electron chi connectivity index (χ1n) is 7.29. The smallest absolute Gasteiger partial charge is 0.250 e. The zero-order valence-corrected chi connectivity index (χ0v) is 12.5. The summed E-state index contributed by atoms with van der Waals surface area (Å²) in [4.78, 5) is 12.2. The van der Waals surface area contributed by atoms with Gasteiger partial charge in [0, 0.05) is 11.6 Å². The van der Waals surface area contributed by atoms with Crippen molar-refractivity contribution in [3.63, 3.8) is 0 Å². The van der Waals surface area contributed by atoms with Crippen LogP contribution in [-0.4, -0.2) is 18.6 Å². The maximum atomic E-state index is 12.2. The van der Waals surface area contributed by atoms with E-state index in [1.54, 1.807) is 0 Å². The van der Waals surface area contributed by atoms with Gasteiger partial charge in [-0.2, -0.15) is 0 Å². The first-order chi connectivity index (χ1) is 9.56. The lowest BCUT2D eigenvalue weighted by Gasteiger charge is -2.20. The number of ether oxygens (including phenoxy) is 1. The summed E-state index contributed by atoms with van der Waals surface area (Å²) in [5, 5.41) is 3.05. The lowest BCUT2D eigenvalue weighted by Crippen LogP contribution is -2.35. The highest BCUT2D eigenvalue weighted by atomic mass is 16.5. The van der Waals surface area contributed by atoms with Crippen LogP contribution >= 0.6 is 0 Å². The Kier molecular flexibility index (Phi) is 4.83. The van der Waals surface area contributed by atoms with Gasteiger partial charge in [0.05, 0.1) is 5.57 Å². The minimum absolute atomic E-state index is 0.0178. The fourth-order valence-corrected chi connectivity index (χ4v) is 2.22. The summed E-state index contributed by atoms with van der Waals surface area (Å²) in [6.07, 6.45) is 4.05. The highest BCUT2D eigenvalue weighted by molar-refractivity contribution is 5.99. The monoisotopic (exact) mass is 273 g/mol. The molecule has 0 saturated heterocycles. The molecule has 1 aliphatic rings. The van der Waals surface area contributed by atoms with Gasteiger partial charge in [0.25, 0.3) is 5.91 Å². The molecule has 0 aliphatic carbocycles. The topological polar surface area (TPSA) is 38.3 Å². The van der Waals surface area contributed by atoms with Crippen molar-refractivity contribution in [1.82, 2.24) is 5.32 Å². The van der Waals surface area contributed by atoms with Crippen molar-refractivity contribution in [2.45, 2.75) is 39.7 Å². The van der Waals surface area contributed by atoms with Crippen LogP contribution in [0.2, 0.25) is 0 Å². The molecule has 0 fully saturated rings. The molecule has 2 rings (SSSR count). The molecule has 0 saturated carbocycles. The van der Waals surface area contributed by atoms with E-state index in [4.69, 9.17) is 4.74 Å². The van der Waals surface area contributed by atoms with Crippen LogP contribution in [0, 0.1) is 5.92 Å². The third-order valence-corrected chi connectivity index (χ3v) is 3.48. The van der Waals surface area contributed by atoms with E-state index < -0.39 is 0 Å². The van der Waals surface area contributed by atoms with E-state index in [1.165, 1.54) is 0 Å². The van der Waals surface area contributed by atoms with Crippen molar-refractivity contribution in [3.8, 4) is 5.75 Å². The van der Waals surface area contributed by atoms with E-state index in [0.717, 1.165) is 24.2 Å². The Bertz CT molecular complexity index is 505. The molecule has 1 aromatic carbocycles. The van der Waals surface area contributed by atoms with Crippen LogP contribution in [-0.2, 0) is 4.79 Å². The number of carbonyl (C=O) groups excluding carboxylic acids is 1. The van der Waals surface area contributed by atoms with Gasteiger partial charge in [0.15, 0.2) is 0 Å². The quantitative estimate of drug-likeness (QED) is 0.893. The number of rotatable bonds is 5. The largest absolute Gasteiger partial charge is 0.488 e. The molecule has 0 spiro atoms. The maximum absolute atomic E-state index is 12.2. The third kappa shape index (κ3) is 3.86. The summed E-state index contributed by atoms with van der Waals surface area (Å²) in [6.45, 7) is 6.80. The van der Waals surface area contributed by atoms with Gasteiger partial charge < -0.3 is 10.1 Å². The summed E-state index contributed by atoms with van der Waals surface area (Å²) >= 11 is 0. The van der Waals surface area contributed by atoms with Crippen molar-refractivity contribution in [1.29, 1.82) is 0 Å². The number of benzene rings is 1. The SMILES string of the molecule is CC(C)CCC(C)NC(=O)C1=Cc2ccccc2OC1. The van der Waals surface area contributed by atoms with E-state index in [-0.39, 0.29) is 11.9 Å². The molecule has 1 aromatic rings. The fourth-order valence-electron chi connectivity index (χ4n) is 2.22. The van der Waals surface area contributed by atoms with Gasteiger partial charge in [-0.25, -0.2) is 0 Å². The average Bonchev–Trinajstić information content (AvgIpc) is 2.44. The van der Waals surface area contributed by atoms with Crippen LogP contribution in [0.4, 0.5) is 0 Å². The second kappa shape index (κ2) is 6.60. The van der Waals surface area contributed by atoms with Gasteiger partial charge in [0.1, 0.15) is 12.4 Å². The van der Waals surface area contributed by atoms with Crippen LogP contribution in [0.25, 0.3) is 6.08 Å². The number of fused-ring (bicyclic) bond motifs is 1. The number of para-hydroxylation sites is 1. The number of carbonyl (C=O) groups is 1. The average molecular weight is 273 g/mol. The van der Waals surface area contributed by atoms with Crippen molar-refractivity contribution in [3.05, 3.63) is 35.4 Å². The molecular formula is C17H23NO2. The molecule has 3 heteroatoms. The molecule has 1 amide bonds. The predicted octanol–water partition coefficient (Wildman–Crippen LogP) is 3.40. The predicted molar refractivity (Wildman–Crippen MR) is 81.6 cm³/mol. The van der Waals surface area contributed by atoms with E-state index in [2.05, 4.69) is 26.1 Å². The molecular weight excluding hydrogens is 250 g/mol. The Morgan fingerprint density at radius 2 is 2.00 bits per heavy atom. The zero-order valence-electron chi connectivity index (χ0n) is 12.5. The van der Waals surface area contributed by atoms with Crippen molar-refractivity contribution < 1.29 is 9.53 Å². The van der Waals surface area contributed by atoms with Gasteiger partial charge in [-0.3, -0.25) is 4.79 Å². The number of amides is 1. The lowest BCUT2D eigenvalue weighted by molar-refractivity contribution is -0.118. The Balaban J connectivity index is 1.95. The molecule has 108 valence electrons. The molecule has 1 unspecified atom stereocenters. The first kappa shape index (κ1) is 14.6. The summed E-state index contributed by atoms with van der Waals surface area (Å²) in [7, 11) is 0. The van der Waals surface area contributed by atoms with Crippen molar-refractivity contribution >= 4 is 12.0 Å². The minimum Gasteiger partial charge on any atom is -0.488 e. The Morgan fingerprint density at radius 3 is 2.75 bits per heavy atom. The standard InChI is InChI=1S/C17H23NO2/c1-12(2)8-9-13(3)18-17(19)15-10-14-6-4-5-7-16(14)20-11-15/h4-7,10,12-13H,8-9,11H2,1-3H3,(H,18,19). The normalized spacial score (nSPS) is 15.1. The summed E-state index contributed by atoms with van der Waals surface area (Å²) in [5.41, 5.74) is 1.67. The minimum atomic E-state index is -0.0178. The van der Waals surface area contributed by atoms with Crippen LogP contribution in [0.1, 0.15) is 39.2 Å². The number of nitrogens with one attached hydrogen (secondary N) is 1. The third-order valence-electron chi connectivity index (χ3n) is 3.48. The van der Waals surface area contributed by atoms with Crippen molar-refractivity contribution in [2.24, 2.45) is 5.92 Å². The highest BCUT2D eigenvalue weighted by Crippen LogP contribution is 2.25. The molecule has 20 heavy (non-hydrogen) atoms. The zero-order chi connectivity index (χ0) is 14.5. The van der Waals surface area contributed by atoms with E-state index in [0.29, 0.717) is 18.1 Å². The molecule has 0 radical (unpaired) electrons. The van der Waals surface area contributed by atoms with Crippen LogP contribution in [0.5, 0.6) is 5.75 Å². The maximum Gasteiger partial charge on any atom is 0.250 e. The molecule has 1 heterocycles. The molecule has 1 atom stereocenters. The molecule has 3 nitrogen and oxygen atoms in total. The molecule has 0 bridgehead atoms. The van der Waals surface area contributed by atoms with E-state index in [1.807, 2.05) is 30.3 Å². The second-order valence-electron chi connectivity index (χ2n) is 5.84. The second-order valence-corrected chi connectivity index (χ2v) is 5.84. The van der Waals surface area contributed by atoms with Gasteiger partial charge in [-0.15, -0.1) is 0 Å². The summed E-state index contributed by atoms with van der Waals surface area (Å²) < 4.78 is 5.61. The van der Waals surface area contributed by atoms with Crippen LogP contribution in [0.15, 0.2) is 29.8 Å². The Hall–Kier alpha value is -1.77. The van der Waals surface area contributed by atoms with E-state index >= 15 is 0 Å². The number of hydrogen-bond donors (Lipinski definition) is 1. The van der Waals surface area contributed by atoms with Crippen LogP contribution in [0.3, 0.4) is 0 Å². The summed E-state index contributed by atoms with van der Waals surface area (Å²) in [5.74, 6) is 1.49. The fraction of sp³-hybridized carbons (Fsp3) is 0.471.